The Kier molecular flexibility index (Phi) is 10.4. The zero-order valence-corrected chi connectivity index (χ0v) is 14.0. The van der Waals surface area contributed by atoms with Crippen LogP contribution in [-0.4, -0.2) is 34.5 Å². The van der Waals surface area contributed by atoms with Crippen LogP contribution in [0, 0.1) is 5.92 Å². The third-order valence-corrected chi connectivity index (χ3v) is 3.86. The van der Waals surface area contributed by atoms with Gasteiger partial charge < -0.3 is 14.9 Å². The van der Waals surface area contributed by atoms with Crippen LogP contribution in [-0.2, 0) is 9.53 Å². The number of rotatable bonds is 11. The maximum Gasteiger partial charge on any atom is 0.308 e. The number of hydrogen-bond donors (Lipinski definition) is 2. The Morgan fingerprint density at radius 1 is 1.29 bits per heavy atom. The van der Waals surface area contributed by atoms with E-state index in [0.29, 0.717) is 25.9 Å². The summed E-state index contributed by atoms with van der Waals surface area (Å²) in [5.74, 6) is -0.504. The highest BCUT2D eigenvalue weighted by molar-refractivity contribution is 5.69. The van der Waals surface area contributed by atoms with Crippen LogP contribution in [0.25, 0.3) is 0 Å². The van der Waals surface area contributed by atoms with Crippen molar-refractivity contribution < 1.29 is 19.7 Å². The summed E-state index contributed by atoms with van der Waals surface area (Å²) in [5.41, 5.74) is -0.911. The van der Waals surface area contributed by atoms with E-state index in [1.165, 1.54) is 0 Å². The molecule has 0 aromatic carbocycles. The first-order valence-electron chi connectivity index (χ1n) is 8.16. The molecule has 0 saturated heterocycles. The summed E-state index contributed by atoms with van der Waals surface area (Å²) in [7, 11) is 0. The Morgan fingerprint density at radius 3 is 2.43 bits per heavy atom. The van der Waals surface area contributed by atoms with E-state index in [-0.39, 0.29) is 18.3 Å². The van der Waals surface area contributed by atoms with Crippen molar-refractivity contribution in [2.75, 3.05) is 6.61 Å². The summed E-state index contributed by atoms with van der Waals surface area (Å²) in [6, 6.07) is 0. The normalized spacial score (nSPS) is 17.4. The minimum atomic E-state index is -0.911. The number of hydrogen-bond acceptors (Lipinski definition) is 4. The molecule has 0 saturated carbocycles. The molecule has 2 N–H and O–H groups in total. The summed E-state index contributed by atoms with van der Waals surface area (Å²) < 4.78 is 4.87. The second kappa shape index (κ2) is 10.8. The van der Waals surface area contributed by atoms with Crippen molar-refractivity contribution >= 4 is 5.97 Å². The molecule has 0 spiro atoms. The van der Waals surface area contributed by atoms with Crippen molar-refractivity contribution in [1.82, 2.24) is 0 Å². The zero-order valence-electron chi connectivity index (χ0n) is 14.0. The molecule has 0 aromatic rings. The lowest BCUT2D eigenvalue weighted by molar-refractivity contribution is -0.146. The molecular weight excluding hydrogens is 268 g/mol. The smallest absolute Gasteiger partial charge is 0.308 e. The number of carbonyl (C=O) groups excluding carboxylic acids is 1. The molecule has 3 atom stereocenters. The lowest BCUT2D eigenvalue weighted by Crippen LogP contribution is -2.34. The number of ether oxygens (including phenoxy) is 1. The van der Waals surface area contributed by atoms with Gasteiger partial charge in [0.25, 0.3) is 0 Å². The molecule has 0 radical (unpaired) electrons. The second-order valence-electron chi connectivity index (χ2n) is 5.60. The summed E-state index contributed by atoms with van der Waals surface area (Å²) in [4.78, 5) is 11.5. The molecule has 4 nitrogen and oxygen atoms in total. The second-order valence-corrected chi connectivity index (χ2v) is 5.60. The van der Waals surface area contributed by atoms with Crippen molar-refractivity contribution in [3.8, 4) is 0 Å². The minimum absolute atomic E-state index is 0.00911. The maximum atomic E-state index is 11.5. The summed E-state index contributed by atoms with van der Waals surface area (Å²) in [5, 5.41) is 20.8. The third kappa shape index (κ3) is 8.22. The van der Waals surface area contributed by atoms with E-state index in [2.05, 4.69) is 6.92 Å². The highest BCUT2D eigenvalue weighted by Crippen LogP contribution is 2.28. The highest BCUT2D eigenvalue weighted by Gasteiger charge is 2.30. The Bertz CT molecular complexity index is 314. The number of aliphatic hydroxyl groups is 2. The number of aliphatic hydroxyl groups excluding tert-OH is 1. The first kappa shape index (κ1) is 20.1. The average molecular weight is 300 g/mol. The van der Waals surface area contributed by atoms with E-state index in [9.17, 15) is 15.0 Å². The molecular formula is C17H32O4. The van der Waals surface area contributed by atoms with E-state index in [0.717, 1.165) is 12.8 Å². The van der Waals surface area contributed by atoms with Crippen molar-refractivity contribution in [2.45, 2.75) is 77.9 Å². The van der Waals surface area contributed by atoms with Crippen LogP contribution in [0.3, 0.4) is 0 Å². The Balaban J connectivity index is 4.66. The number of allylic oxidation sites excluding steroid dienone is 1. The van der Waals surface area contributed by atoms with Gasteiger partial charge in [-0.1, -0.05) is 45.8 Å². The molecule has 0 bridgehead atoms. The molecule has 1 unspecified atom stereocenters. The largest absolute Gasteiger partial charge is 0.466 e. The van der Waals surface area contributed by atoms with Crippen LogP contribution in [0.5, 0.6) is 0 Å². The Hall–Kier alpha value is -0.870. The molecule has 0 aliphatic carbocycles. The van der Waals surface area contributed by atoms with Crippen molar-refractivity contribution in [3.05, 3.63) is 12.2 Å². The number of unbranched alkanes of at least 4 members (excludes halogenated alkanes) is 1. The van der Waals surface area contributed by atoms with E-state index in [4.69, 9.17) is 4.74 Å². The van der Waals surface area contributed by atoms with E-state index >= 15 is 0 Å². The van der Waals surface area contributed by atoms with Crippen LogP contribution in [0.4, 0.5) is 0 Å². The first-order chi connectivity index (χ1) is 9.92. The predicted molar refractivity (Wildman–Crippen MR) is 84.9 cm³/mol. The van der Waals surface area contributed by atoms with Crippen LogP contribution in [0.15, 0.2) is 12.2 Å². The minimum Gasteiger partial charge on any atom is -0.466 e. The monoisotopic (exact) mass is 300 g/mol. The van der Waals surface area contributed by atoms with Gasteiger partial charge in [0.15, 0.2) is 0 Å². The van der Waals surface area contributed by atoms with Crippen molar-refractivity contribution in [3.63, 3.8) is 0 Å². The molecule has 0 heterocycles. The predicted octanol–water partition coefficient (Wildman–Crippen LogP) is 3.21. The van der Waals surface area contributed by atoms with Gasteiger partial charge in [-0.15, -0.1) is 0 Å². The van der Waals surface area contributed by atoms with Gasteiger partial charge in [-0.25, -0.2) is 0 Å². The molecule has 0 fully saturated rings. The lowest BCUT2D eigenvalue weighted by atomic mass is 9.82. The van der Waals surface area contributed by atoms with Gasteiger partial charge in [0.05, 0.1) is 24.7 Å². The molecule has 4 heteroatoms. The maximum absolute atomic E-state index is 11.5. The molecule has 124 valence electrons. The Labute approximate surface area is 129 Å². The van der Waals surface area contributed by atoms with Crippen LogP contribution >= 0.6 is 0 Å². The number of carbonyl (C=O) groups is 1. The van der Waals surface area contributed by atoms with Gasteiger partial charge in [-0.3, -0.25) is 4.79 Å². The summed E-state index contributed by atoms with van der Waals surface area (Å²) >= 11 is 0. The standard InChI is InChI=1S/C17H32O4/c1-5-9-10-11-17(20,7-3)13-14(6-2)15(18)12-16(19)21-8-4/h10-11,14-15,18,20H,5-9,12-13H2,1-4H3/b11-10+/t14-,15?,17+/m0/s1. The quantitative estimate of drug-likeness (QED) is 0.454. The SMILES string of the molecule is CCC/C=C/[C@](O)(CC)C[C@H](CC)C(O)CC(=O)OCC. The van der Waals surface area contributed by atoms with Gasteiger partial charge in [-0.05, 0) is 32.1 Å². The van der Waals surface area contributed by atoms with Crippen LogP contribution in [0.2, 0.25) is 0 Å². The topological polar surface area (TPSA) is 66.8 Å². The van der Waals surface area contributed by atoms with Crippen molar-refractivity contribution in [1.29, 1.82) is 0 Å². The van der Waals surface area contributed by atoms with Crippen molar-refractivity contribution in [2.24, 2.45) is 5.92 Å². The fraction of sp³-hybridized carbons (Fsp3) is 0.824. The fourth-order valence-corrected chi connectivity index (χ4v) is 2.36. The highest BCUT2D eigenvalue weighted by atomic mass is 16.5. The summed E-state index contributed by atoms with van der Waals surface area (Å²) in [6.07, 6.45) is 6.80. The van der Waals surface area contributed by atoms with E-state index in [1.807, 2.05) is 26.0 Å². The first-order valence-corrected chi connectivity index (χ1v) is 8.16. The molecule has 0 rings (SSSR count). The average Bonchev–Trinajstić information content (AvgIpc) is 2.45. The van der Waals surface area contributed by atoms with Crippen LogP contribution < -0.4 is 0 Å². The van der Waals surface area contributed by atoms with Gasteiger partial charge in [0, 0.05) is 0 Å². The third-order valence-electron chi connectivity index (χ3n) is 3.86. The van der Waals surface area contributed by atoms with Crippen LogP contribution in [0.1, 0.15) is 66.2 Å². The van der Waals surface area contributed by atoms with Gasteiger partial charge in [0.2, 0.25) is 0 Å². The Morgan fingerprint density at radius 2 is 1.95 bits per heavy atom. The lowest BCUT2D eigenvalue weighted by Gasteiger charge is -2.30. The number of esters is 1. The van der Waals surface area contributed by atoms with Gasteiger partial charge in [0.1, 0.15) is 0 Å². The van der Waals surface area contributed by atoms with E-state index < -0.39 is 11.7 Å². The van der Waals surface area contributed by atoms with Gasteiger partial charge in [-0.2, -0.15) is 0 Å². The molecule has 21 heavy (non-hydrogen) atoms. The fourth-order valence-electron chi connectivity index (χ4n) is 2.36. The molecule has 0 aromatic heterocycles. The van der Waals surface area contributed by atoms with Gasteiger partial charge >= 0.3 is 5.97 Å². The molecule has 0 aliphatic heterocycles. The molecule has 0 aliphatic rings. The van der Waals surface area contributed by atoms with E-state index in [1.54, 1.807) is 6.92 Å². The zero-order chi connectivity index (χ0) is 16.3. The molecule has 0 amide bonds. The summed E-state index contributed by atoms with van der Waals surface area (Å²) in [6.45, 7) is 8.05.